The van der Waals surface area contributed by atoms with Gasteiger partial charge in [-0.05, 0) is 30.7 Å². The van der Waals surface area contributed by atoms with Crippen molar-refractivity contribution in [3.8, 4) is 29.1 Å². The van der Waals surface area contributed by atoms with Crippen molar-refractivity contribution in [2.75, 3.05) is 25.0 Å². The van der Waals surface area contributed by atoms with Crippen molar-refractivity contribution >= 4 is 22.0 Å². The molecule has 192 valence electrons. The molecule has 0 radical (unpaired) electrons. The molecular weight excluding hydrogens is 500 g/mol. The standard InChI is InChI=1S/C21H22N4O10S/c1-12-6-7-16(22-9-12)36(30,31)25-18-17(34-15-5-3-4-14(8-15)32-2)19(33-11-13(27)10-26)24-20(23-18)35-21(28)29/h3-9,13,26-27H,10-11H2,1-2H3,(H,28,29)(H,23,24,25)/t13-/m1/s1. The van der Waals surface area contributed by atoms with E-state index >= 15 is 0 Å². The van der Waals surface area contributed by atoms with Crippen LogP contribution in [0.1, 0.15) is 5.56 Å². The average Bonchev–Trinajstić information content (AvgIpc) is 2.84. The Labute approximate surface area is 205 Å². The van der Waals surface area contributed by atoms with Crippen molar-refractivity contribution in [1.82, 2.24) is 15.0 Å². The van der Waals surface area contributed by atoms with Gasteiger partial charge < -0.3 is 34.3 Å². The van der Waals surface area contributed by atoms with Gasteiger partial charge in [0.2, 0.25) is 5.75 Å². The van der Waals surface area contributed by atoms with Crippen LogP contribution in [-0.4, -0.2) is 71.3 Å². The molecule has 2 aromatic heterocycles. The van der Waals surface area contributed by atoms with Crippen molar-refractivity contribution in [2.24, 2.45) is 0 Å². The summed E-state index contributed by atoms with van der Waals surface area (Å²) in [4.78, 5) is 22.6. The zero-order valence-corrected chi connectivity index (χ0v) is 19.8. The predicted molar refractivity (Wildman–Crippen MR) is 122 cm³/mol. The molecule has 0 aliphatic rings. The molecule has 2 heterocycles. The maximum absolute atomic E-state index is 13.0. The Bertz CT molecular complexity index is 1320. The Morgan fingerprint density at radius 3 is 2.56 bits per heavy atom. The van der Waals surface area contributed by atoms with Gasteiger partial charge in [0.05, 0.1) is 13.7 Å². The summed E-state index contributed by atoms with van der Waals surface area (Å²) in [5.74, 6) is -0.900. The second-order valence-corrected chi connectivity index (χ2v) is 8.69. The Morgan fingerprint density at radius 2 is 1.92 bits per heavy atom. The summed E-state index contributed by atoms with van der Waals surface area (Å²) in [6.07, 6.45) is -1.79. The summed E-state index contributed by atoms with van der Waals surface area (Å²) < 4.78 is 48.9. The number of hydrogen-bond donors (Lipinski definition) is 4. The number of aryl methyl sites for hydroxylation is 1. The van der Waals surface area contributed by atoms with E-state index in [4.69, 9.17) is 24.4 Å². The molecule has 0 aliphatic carbocycles. The number of rotatable bonds is 11. The highest BCUT2D eigenvalue weighted by Gasteiger charge is 2.26. The summed E-state index contributed by atoms with van der Waals surface area (Å²) >= 11 is 0. The zero-order chi connectivity index (χ0) is 26.3. The highest BCUT2D eigenvalue weighted by Crippen LogP contribution is 2.39. The Hall–Kier alpha value is -4.21. The molecule has 0 amide bonds. The van der Waals surface area contributed by atoms with Gasteiger partial charge in [-0.1, -0.05) is 12.1 Å². The first-order chi connectivity index (χ1) is 17.1. The molecule has 0 saturated heterocycles. The Balaban J connectivity index is 2.13. The van der Waals surface area contributed by atoms with E-state index < -0.39 is 59.0 Å². The van der Waals surface area contributed by atoms with Gasteiger partial charge in [0.15, 0.2) is 10.8 Å². The minimum absolute atomic E-state index is 0.145. The van der Waals surface area contributed by atoms with E-state index in [0.29, 0.717) is 11.3 Å². The number of aliphatic hydroxyl groups is 2. The van der Waals surface area contributed by atoms with E-state index in [1.54, 1.807) is 19.1 Å². The van der Waals surface area contributed by atoms with Crippen LogP contribution in [0.5, 0.6) is 29.1 Å². The second kappa shape index (κ2) is 11.5. The highest BCUT2D eigenvalue weighted by molar-refractivity contribution is 7.92. The first-order valence-electron chi connectivity index (χ1n) is 10.1. The van der Waals surface area contributed by atoms with E-state index in [-0.39, 0.29) is 10.8 Å². The number of sulfonamides is 1. The lowest BCUT2D eigenvalue weighted by molar-refractivity contribution is 0.0509. The number of methoxy groups -OCH3 is 1. The van der Waals surface area contributed by atoms with Gasteiger partial charge in [-0.15, -0.1) is 0 Å². The third kappa shape index (κ3) is 6.91. The number of carboxylic acid groups (broad SMARTS) is 1. The average molecular weight is 522 g/mol. The molecule has 3 rings (SSSR count). The number of anilines is 1. The van der Waals surface area contributed by atoms with Crippen LogP contribution in [0.3, 0.4) is 0 Å². The van der Waals surface area contributed by atoms with Crippen LogP contribution in [0.25, 0.3) is 0 Å². The predicted octanol–water partition coefficient (Wildman–Crippen LogP) is 1.57. The topological polar surface area (TPSA) is 200 Å². The van der Waals surface area contributed by atoms with Crippen LogP contribution in [0.2, 0.25) is 0 Å². The first kappa shape index (κ1) is 26.4. The fraction of sp³-hybridized carbons (Fsp3) is 0.238. The van der Waals surface area contributed by atoms with Gasteiger partial charge in [0.1, 0.15) is 24.2 Å². The van der Waals surface area contributed by atoms with Crippen molar-refractivity contribution in [3.63, 3.8) is 0 Å². The van der Waals surface area contributed by atoms with Gasteiger partial charge >= 0.3 is 12.2 Å². The van der Waals surface area contributed by atoms with Crippen LogP contribution in [0.15, 0.2) is 47.6 Å². The Morgan fingerprint density at radius 1 is 1.17 bits per heavy atom. The molecular formula is C21H22N4O10S. The molecule has 0 fully saturated rings. The lowest BCUT2D eigenvalue weighted by Gasteiger charge is -2.17. The molecule has 0 aliphatic heterocycles. The second-order valence-electron chi connectivity index (χ2n) is 7.06. The SMILES string of the molecule is COc1cccc(Oc2c(NS(=O)(=O)c3ccc(C)cn3)nc(OC(=O)O)nc2OC[C@H](O)CO)c1. The van der Waals surface area contributed by atoms with Crippen LogP contribution >= 0.6 is 0 Å². The minimum Gasteiger partial charge on any atom is -0.497 e. The van der Waals surface area contributed by atoms with E-state index in [2.05, 4.69) is 24.4 Å². The molecule has 36 heavy (non-hydrogen) atoms. The Kier molecular flexibility index (Phi) is 8.42. The number of pyridine rings is 1. The van der Waals surface area contributed by atoms with Gasteiger partial charge in [0, 0.05) is 12.3 Å². The van der Waals surface area contributed by atoms with Gasteiger partial charge in [-0.25, -0.2) is 9.78 Å². The van der Waals surface area contributed by atoms with E-state index in [9.17, 15) is 18.3 Å². The quantitative estimate of drug-likeness (QED) is 0.265. The summed E-state index contributed by atoms with van der Waals surface area (Å²) in [6.45, 7) is 0.551. The summed E-state index contributed by atoms with van der Waals surface area (Å²) in [7, 11) is -2.93. The monoisotopic (exact) mass is 522 g/mol. The number of aliphatic hydroxyl groups excluding tert-OH is 2. The maximum Gasteiger partial charge on any atom is 0.513 e. The normalized spacial score (nSPS) is 11.9. The number of ether oxygens (including phenoxy) is 4. The molecule has 0 bridgehead atoms. The van der Waals surface area contributed by atoms with Crippen LogP contribution in [0, 0.1) is 6.92 Å². The highest BCUT2D eigenvalue weighted by atomic mass is 32.2. The third-order valence-electron chi connectivity index (χ3n) is 4.27. The molecule has 0 saturated carbocycles. The molecule has 0 unspecified atom stereocenters. The van der Waals surface area contributed by atoms with E-state index in [0.717, 1.165) is 0 Å². The molecule has 14 nitrogen and oxygen atoms in total. The van der Waals surface area contributed by atoms with Gasteiger partial charge in [0.25, 0.3) is 15.9 Å². The van der Waals surface area contributed by atoms with Crippen molar-refractivity contribution in [1.29, 1.82) is 0 Å². The molecule has 15 heteroatoms. The summed E-state index contributed by atoms with van der Waals surface area (Å²) in [6, 6.07) is 8.18. The van der Waals surface area contributed by atoms with E-state index in [1.807, 2.05) is 0 Å². The number of benzene rings is 1. The van der Waals surface area contributed by atoms with E-state index in [1.165, 1.54) is 37.6 Å². The number of aromatic nitrogens is 3. The molecule has 4 N–H and O–H groups in total. The molecule has 1 aromatic carbocycles. The fourth-order valence-electron chi connectivity index (χ4n) is 2.60. The summed E-state index contributed by atoms with van der Waals surface area (Å²) in [5.41, 5.74) is 0.716. The van der Waals surface area contributed by atoms with Crippen LogP contribution in [-0.2, 0) is 10.0 Å². The first-order valence-corrected chi connectivity index (χ1v) is 11.6. The zero-order valence-electron chi connectivity index (χ0n) is 19.0. The smallest absolute Gasteiger partial charge is 0.497 e. The van der Waals surface area contributed by atoms with Crippen molar-refractivity contribution in [2.45, 2.75) is 18.1 Å². The number of nitrogens with one attached hydrogen (secondary N) is 1. The third-order valence-corrected chi connectivity index (χ3v) is 5.52. The number of carbonyl (C=O) groups is 1. The largest absolute Gasteiger partial charge is 0.513 e. The van der Waals surface area contributed by atoms with Crippen molar-refractivity contribution in [3.05, 3.63) is 48.2 Å². The van der Waals surface area contributed by atoms with Gasteiger partial charge in [-0.3, -0.25) is 4.72 Å². The number of hydrogen-bond acceptors (Lipinski definition) is 12. The van der Waals surface area contributed by atoms with Gasteiger partial charge in [-0.2, -0.15) is 18.4 Å². The lowest BCUT2D eigenvalue weighted by Crippen LogP contribution is -2.22. The fourth-order valence-corrected chi connectivity index (χ4v) is 3.53. The maximum atomic E-state index is 13.0. The van der Waals surface area contributed by atoms with Crippen molar-refractivity contribution < 1.29 is 47.5 Å². The summed E-state index contributed by atoms with van der Waals surface area (Å²) in [5, 5.41) is 27.4. The van der Waals surface area contributed by atoms with Crippen LogP contribution in [0.4, 0.5) is 10.6 Å². The minimum atomic E-state index is -4.36. The molecule has 1 atom stereocenters. The molecule has 3 aromatic rings. The number of nitrogens with zero attached hydrogens (tertiary/aromatic N) is 3. The lowest BCUT2D eigenvalue weighted by atomic mass is 10.3. The molecule has 0 spiro atoms. The van der Waals surface area contributed by atoms with Crippen LogP contribution < -0.4 is 23.7 Å².